The van der Waals surface area contributed by atoms with E-state index >= 15 is 0 Å². The number of nitrogens with one attached hydrogen (secondary N) is 2. The highest BCUT2D eigenvalue weighted by Crippen LogP contribution is 2.24. The Hall–Kier alpha value is -2.44. The van der Waals surface area contributed by atoms with Gasteiger partial charge in [0.1, 0.15) is 17.9 Å². The fraction of sp³-hybridized carbons (Fsp3) is 0.471. The van der Waals surface area contributed by atoms with E-state index in [2.05, 4.69) is 10.6 Å². The van der Waals surface area contributed by atoms with Crippen molar-refractivity contribution in [2.24, 2.45) is 0 Å². The van der Waals surface area contributed by atoms with Gasteiger partial charge in [0, 0.05) is 0 Å². The van der Waals surface area contributed by atoms with E-state index in [0.717, 1.165) is 10.5 Å². The highest BCUT2D eigenvalue weighted by atomic mass is 19.1. The minimum absolute atomic E-state index is 0.335. The Morgan fingerprint density at radius 1 is 1.25 bits per heavy atom. The van der Waals surface area contributed by atoms with Gasteiger partial charge in [0.15, 0.2) is 0 Å². The minimum Gasteiger partial charge on any atom is -0.348 e. The van der Waals surface area contributed by atoms with Crippen LogP contribution in [0.25, 0.3) is 0 Å². The Morgan fingerprint density at radius 3 is 2.33 bits per heavy atom. The molecule has 7 heteroatoms. The molecule has 0 aliphatic carbocycles. The molecule has 0 saturated carbocycles. The maximum Gasteiger partial charge on any atom is 0.325 e. The summed E-state index contributed by atoms with van der Waals surface area (Å²) in [5.41, 5.74) is -0.182. The van der Waals surface area contributed by atoms with Crippen molar-refractivity contribution in [3.05, 3.63) is 35.6 Å². The van der Waals surface area contributed by atoms with Gasteiger partial charge in [0.2, 0.25) is 5.91 Å². The van der Waals surface area contributed by atoms with Crippen molar-refractivity contribution >= 4 is 17.8 Å². The standard InChI is InChI=1S/C17H22FN3O3/c1-4-17(5-2)15(23)21(16(24)20-17)10-14(22)19-11(3)12-6-8-13(18)9-7-12/h6-9,11H,4-5,10H2,1-3H3,(H,19,22)(H,20,24). The lowest BCUT2D eigenvalue weighted by molar-refractivity contribution is -0.135. The summed E-state index contributed by atoms with van der Waals surface area (Å²) in [4.78, 5) is 37.6. The van der Waals surface area contributed by atoms with E-state index < -0.39 is 17.5 Å². The first-order valence-electron chi connectivity index (χ1n) is 8.02. The first-order valence-corrected chi connectivity index (χ1v) is 8.02. The number of rotatable bonds is 6. The van der Waals surface area contributed by atoms with Gasteiger partial charge >= 0.3 is 6.03 Å². The molecule has 1 unspecified atom stereocenters. The van der Waals surface area contributed by atoms with Gasteiger partial charge in [-0.1, -0.05) is 26.0 Å². The maximum atomic E-state index is 12.9. The average molecular weight is 335 g/mol. The lowest BCUT2D eigenvalue weighted by atomic mass is 9.93. The summed E-state index contributed by atoms with van der Waals surface area (Å²) in [6.45, 7) is 5.06. The molecule has 6 nitrogen and oxygen atoms in total. The quantitative estimate of drug-likeness (QED) is 0.782. The molecule has 1 aromatic rings. The normalized spacial score (nSPS) is 17.6. The van der Waals surface area contributed by atoms with Crippen LogP contribution in [0.4, 0.5) is 9.18 Å². The van der Waals surface area contributed by atoms with Crippen molar-refractivity contribution in [2.45, 2.75) is 45.2 Å². The molecule has 1 atom stereocenters. The molecule has 1 heterocycles. The fourth-order valence-electron chi connectivity index (χ4n) is 2.81. The van der Waals surface area contributed by atoms with E-state index in [1.54, 1.807) is 19.1 Å². The Balaban J connectivity index is 2.00. The molecule has 1 aromatic carbocycles. The third kappa shape index (κ3) is 3.39. The van der Waals surface area contributed by atoms with E-state index in [0.29, 0.717) is 12.8 Å². The fourth-order valence-corrected chi connectivity index (χ4v) is 2.81. The van der Waals surface area contributed by atoms with Gasteiger partial charge in [-0.25, -0.2) is 9.18 Å². The topological polar surface area (TPSA) is 78.5 Å². The number of amides is 4. The van der Waals surface area contributed by atoms with Crippen molar-refractivity contribution in [3.8, 4) is 0 Å². The lowest BCUT2D eigenvalue weighted by Gasteiger charge is -2.23. The summed E-state index contributed by atoms with van der Waals surface area (Å²) in [5.74, 6) is -1.17. The molecule has 2 N–H and O–H groups in total. The lowest BCUT2D eigenvalue weighted by Crippen LogP contribution is -2.46. The van der Waals surface area contributed by atoms with Crippen molar-refractivity contribution < 1.29 is 18.8 Å². The molecule has 4 amide bonds. The van der Waals surface area contributed by atoms with Crippen molar-refractivity contribution in [3.63, 3.8) is 0 Å². The predicted octanol–water partition coefficient (Wildman–Crippen LogP) is 2.11. The molecule has 1 fully saturated rings. The van der Waals surface area contributed by atoms with E-state index in [9.17, 15) is 18.8 Å². The Kier molecular flexibility index (Phi) is 5.21. The largest absolute Gasteiger partial charge is 0.348 e. The van der Waals surface area contributed by atoms with Crippen LogP contribution in [0, 0.1) is 5.82 Å². The van der Waals surface area contributed by atoms with Crippen LogP contribution < -0.4 is 10.6 Å². The number of urea groups is 1. The second-order valence-corrected chi connectivity index (χ2v) is 5.95. The van der Waals surface area contributed by atoms with Gasteiger partial charge in [0.05, 0.1) is 6.04 Å². The monoisotopic (exact) mass is 335 g/mol. The van der Waals surface area contributed by atoms with Crippen molar-refractivity contribution in [2.75, 3.05) is 6.54 Å². The second kappa shape index (κ2) is 6.98. The van der Waals surface area contributed by atoms with Crippen LogP contribution in [0.5, 0.6) is 0 Å². The number of hydrogen-bond donors (Lipinski definition) is 2. The Bertz CT molecular complexity index is 641. The molecule has 0 aromatic heterocycles. The molecule has 0 radical (unpaired) electrons. The maximum absolute atomic E-state index is 12.9. The zero-order valence-electron chi connectivity index (χ0n) is 14.1. The van der Waals surface area contributed by atoms with Gasteiger partial charge in [-0.2, -0.15) is 0 Å². The SMILES string of the molecule is CCC1(CC)NC(=O)N(CC(=O)NC(C)c2ccc(F)cc2)C1=O. The van der Waals surface area contributed by atoms with E-state index in [-0.39, 0.29) is 24.3 Å². The zero-order chi connectivity index (χ0) is 17.9. The van der Waals surface area contributed by atoms with Crippen LogP contribution in [0.3, 0.4) is 0 Å². The molecule has 24 heavy (non-hydrogen) atoms. The van der Waals surface area contributed by atoms with Crippen LogP contribution in [-0.2, 0) is 9.59 Å². The molecular weight excluding hydrogens is 313 g/mol. The number of carbonyl (C=O) groups excluding carboxylic acids is 3. The van der Waals surface area contributed by atoms with Gasteiger partial charge in [-0.3, -0.25) is 14.5 Å². The molecule has 0 bridgehead atoms. The summed E-state index contributed by atoms with van der Waals surface area (Å²) in [6.07, 6.45) is 0.941. The average Bonchev–Trinajstić information content (AvgIpc) is 2.80. The number of nitrogens with zero attached hydrogens (tertiary/aromatic N) is 1. The first kappa shape index (κ1) is 17.9. The number of halogens is 1. The van der Waals surface area contributed by atoms with Gasteiger partial charge < -0.3 is 10.6 Å². The van der Waals surface area contributed by atoms with Crippen LogP contribution >= 0.6 is 0 Å². The predicted molar refractivity (Wildman–Crippen MR) is 86.5 cm³/mol. The van der Waals surface area contributed by atoms with Gasteiger partial charge in [-0.05, 0) is 37.5 Å². The number of carbonyl (C=O) groups is 3. The molecule has 1 aliphatic heterocycles. The van der Waals surface area contributed by atoms with Crippen LogP contribution in [0.2, 0.25) is 0 Å². The van der Waals surface area contributed by atoms with Crippen molar-refractivity contribution in [1.29, 1.82) is 0 Å². The summed E-state index contributed by atoms with van der Waals surface area (Å²) in [7, 11) is 0. The highest BCUT2D eigenvalue weighted by Gasteiger charge is 2.49. The summed E-state index contributed by atoms with van der Waals surface area (Å²) >= 11 is 0. The number of benzene rings is 1. The molecule has 1 saturated heterocycles. The molecule has 2 rings (SSSR count). The smallest absolute Gasteiger partial charge is 0.325 e. The third-order valence-electron chi connectivity index (χ3n) is 4.50. The minimum atomic E-state index is -0.917. The highest BCUT2D eigenvalue weighted by molar-refractivity contribution is 6.09. The Morgan fingerprint density at radius 2 is 1.83 bits per heavy atom. The van der Waals surface area contributed by atoms with Gasteiger partial charge in [-0.15, -0.1) is 0 Å². The summed E-state index contributed by atoms with van der Waals surface area (Å²) in [6, 6.07) is 4.87. The van der Waals surface area contributed by atoms with Crippen molar-refractivity contribution in [1.82, 2.24) is 15.5 Å². The first-order chi connectivity index (χ1) is 11.3. The van der Waals surface area contributed by atoms with E-state index in [1.807, 2.05) is 13.8 Å². The Labute approximate surface area is 140 Å². The molecular formula is C17H22FN3O3. The molecule has 0 spiro atoms. The van der Waals surface area contributed by atoms with Crippen LogP contribution in [-0.4, -0.2) is 34.8 Å². The number of imide groups is 1. The van der Waals surface area contributed by atoms with Gasteiger partial charge in [0.25, 0.3) is 5.91 Å². The van der Waals surface area contributed by atoms with Crippen LogP contribution in [0.1, 0.15) is 45.2 Å². The molecule has 130 valence electrons. The second-order valence-electron chi connectivity index (χ2n) is 5.95. The third-order valence-corrected chi connectivity index (χ3v) is 4.50. The summed E-state index contributed by atoms with van der Waals surface area (Å²) in [5, 5.41) is 5.39. The summed E-state index contributed by atoms with van der Waals surface area (Å²) < 4.78 is 12.9. The molecule has 1 aliphatic rings. The van der Waals surface area contributed by atoms with Crippen LogP contribution in [0.15, 0.2) is 24.3 Å². The number of hydrogen-bond acceptors (Lipinski definition) is 3. The van der Waals surface area contributed by atoms with E-state index in [4.69, 9.17) is 0 Å². The zero-order valence-corrected chi connectivity index (χ0v) is 14.1. The van der Waals surface area contributed by atoms with E-state index in [1.165, 1.54) is 12.1 Å².